The molecule has 2 aromatic heterocycles. The number of morpholine rings is 1. The standard InChI is InChI=1S/C25H32N4O4S2/c1-31-22-14-18-13-19(24(30)27-21(18)15-23(22)32-2)16-29(17-20-5-3-12-35-20)25(34)26-6-4-7-28-8-10-33-11-9-28/h3,5,12-15H,4,6-11,16-17H2,1-2H3,(H,26,34)(H,27,30). The van der Waals surface area contributed by atoms with Crippen LogP contribution < -0.4 is 20.3 Å². The van der Waals surface area contributed by atoms with E-state index < -0.39 is 0 Å². The van der Waals surface area contributed by atoms with Crippen LogP contribution in [-0.2, 0) is 17.8 Å². The smallest absolute Gasteiger partial charge is 0.253 e. The molecule has 0 atom stereocenters. The molecule has 0 unspecified atom stereocenters. The van der Waals surface area contributed by atoms with Gasteiger partial charge in [-0.05, 0) is 48.8 Å². The molecule has 0 bridgehead atoms. The number of thiophene rings is 1. The highest BCUT2D eigenvalue weighted by Crippen LogP contribution is 2.31. The number of aromatic nitrogens is 1. The predicted molar refractivity (Wildman–Crippen MR) is 144 cm³/mol. The number of nitrogens with one attached hydrogen (secondary N) is 2. The number of fused-ring (bicyclic) bond motifs is 1. The Morgan fingerprint density at radius 3 is 2.69 bits per heavy atom. The van der Waals surface area contributed by atoms with E-state index in [-0.39, 0.29) is 5.56 Å². The van der Waals surface area contributed by atoms with Crippen LogP contribution in [0.4, 0.5) is 0 Å². The van der Waals surface area contributed by atoms with Crippen molar-refractivity contribution in [1.29, 1.82) is 0 Å². The first-order valence-corrected chi connectivity index (χ1v) is 13.0. The minimum absolute atomic E-state index is 0.143. The number of methoxy groups -OCH3 is 2. The van der Waals surface area contributed by atoms with Gasteiger partial charge in [0.25, 0.3) is 5.56 Å². The number of H-pyrrole nitrogens is 1. The molecule has 35 heavy (non-hydrogen) atoms. The summed E-state index contributed by atoms with van der Waals surface area (Å²) in [5.74, 6) is 1.19. The molecule has 4 rings (SSSR count). The fourth-order valence-electron chi connectivity index (χ4n) is 4.13. The van der Waals surface area contributed by atoms with Gasteiger partial charge in [-0.15, -0.1) is 11.3 Å². The molecule has 3 aromatic rings. The van der Waals surface area contributed by atoms with Gasteiger partial charge in [0.05, 0.1) is 46.0 Å². The first-order valence-electron chi connectivity index (χ1n) is 11.7. The van der Waals surface area contributed by atoms with E-state index in [0.29, 0.717) is 40.8 Å². The Balaban J connectivity index is 1.47. The molecule has 1 aromatic carbocycles. The van der Waals surface area contributed by atoms with Crippen LogP contribution in [-0.4, -0.2) is 73.5 Å². The zero-order chi connectivity index (χ0) is 24.6. The summed E-state index contributed by atoms with van der Waals surface area (Å²) in [7, 11) is 3.18. The van der Waals surface area contributed by atoms with E-state index in [4.69, 9.17) is 26.4 Å². The molecular weight excluding hydrogens is 484 g/mol. The quantitative estimate of drug-likeness (QED) is 0.314. The number of nitrogens with zero attached hydrogens (tertiary/aromatic N) is 2. The Labute approximate surface area is 214 Å². The Morgan fingerprint density at radius 2 is 1.97 bits per heavy atom. The molecule has 1 aliphatic heterocycles. The van der Waals surface area contributed by atoms with Crippen molar-refractivity contribution in [3.05, 3.63) is 56.5 Å². The third kappa shape index (κ3) is 6.72. The second kappa shape index (κ2) is 12.3. The van der Waals surface area contributed by atoms with E-state index in [1.807, 2.05) is 23.1 Å². The van der Waals surface area contributed by atoms with Crippen molar-refractivity contribution in [3.8, 4) is 11.5 Å². The zero-order valence-electron chi connectivity index (χ0n) is 20.2. The van der Waals surface area contributed by atoms with Crippen molar-refractivity contribution in [1.82, 2.24) is 20.1 Å². The van der Waals surface area contributed by atoms with E-state index in [9.17, 15) is 4.79 Å². The molecule has 0 amide bonds. The topological polar surface area (TPSA) is 79.1 Å². The molecule has 3 heterocycles. The monoisotopic (exact) mass is 516 g/mol. The molecule has 1 fully saturated rings. The van der Waals surface area contributed by atoms with Crippen molar-refractivity contribution < 1.29 is 14.2 Å². The maximum Gasteiger partial charge on any atom is 0.253 e. The number of benzene rings is 1. The van der Waals surface area contributed by atoms with Crippen LogP contribution in [0.25, 0.3) is 10.9 Å². The highest BCUT2D eigenvalue weighted by Gasteiger charge is 2.16. The second-order valence-corrected chi connectivity index (χ2v) is 9.81. The molecule has 0 aliphatic carbocycles. The number of hydrogen-bond acceptors (Lipinski definition) is 7. The lowest BCUT2D eigenvalue weighted by atomic mass is 10.1. The lowest BCUT2D eigenvalue weighted by molar-refractivity contribution is 0.0376. The molecule has 8 nitrogen and oxygen atoms in total. The lowest BCUT2D eigenvalue weighted by Crippen LogP contribution is -2.41. The summed E-state index contributed by atoms with van der Waals surface area (Å²) in [4.78, 5) is 21.6. The van der Waals surface area contributed by atoms with Gasteiger partial charge in [-0.2, -0.15) is 0 Å². The largest absolute Gasteiger partial charge is 0.493 e. The molecule has 0 spiro atoms. The Hall–Kier alpha value is -2.66. The Morgan fingerprint density at radius 1 is 1.20 bits per heavy atom. The molecule has 188 valence electrons. The SMILES string of the molecule is COc1cc2cc(CN(Cc3cccs3)C(=S)NCCCN3CCOCC3)c(=O)[nH]c2cc1OC. The third-order valence-electron chi connectivity index (χ3n) is 6.03. The van der Waals surface area contributed by atoms with Crippen LogP contribution in [0.2, 0.25) is 0 Å². The second-order valence-electron chi connectivity index (χ2n) is 8.39. The summed E-state index contributed by atoms with van der Waals surface area (Å²) in [5, 5.41) is 6.97. The zero-order valence-corrected chi connectivity index (χ0v) is 21.8. The summed E-state index contributed by atoms with van der Waals surface area (Å²) >= 11 is 7.44. The summed E-state index contributed by atoms with van der Waals surface area (Å²) < 4.78 is 16.2. The molecule has 1 aliphatic rings. The van der Waals surface area contributed by atoms with E-state index in [1.54, 1.807) is 31.6 Å². The molecule has 10 heteroatoms. The third-order valence-corrected chi connectivity index (χ3v) is 7.30. The average Bonchev–Trinajstić information content (AvgIpc) is 3.39. The van der Waals surface area contributed by atoms with E-state index in [0.717, 1.165) is 51.2 Å². The van der Waals surface area contributed by atoms with Gasteiger partial charge in [0.2, 0.25) is 0 Å². The highest BCUT2D eigenvalue weighted by molar-refractivity contribution is 7.80. The molecule has 0 radical (unpaired) electrons. The van der Waals surface area contributed by atoms with Crippen molar-refractivity contribution in [2.75, 3.05) is 53.6 Å². The summed E-state index contributed by atoms with van der Waals surface area (Å²) in [6.45, 7) is 6.40. The van der Waals surface area contributed by atoms with Crippen molar-refractivity contribution in [2.24, 2.45) is 0 Å². The van der Waals surface area contributed by atoms with Crippen molar-refractivity contribution in [3.63, 3.8) is 0 Å². The maximum absolute atomic E-state index is 13.0. The van der Waals surface area contributed by atoms with Crippen LogP contribution in [0.1, 0.15) is 16.9 Å². The van der Waals surface area contributed by atoms with E-state index in [1.165, 1.54) is 4.88 Å². The van der Waals surface area contributed by atoms with Gasteiger partial charge in [-0.1, -0.05) is 6.07 Å². The molecular formula is C25H32N4O4S2. The fourth-order valence-corrected chi connectivity index (χ4v) is 5.08. The number of rotatable bonds is 10. The van der Waals surface area contributed by atoms with Gasteiger partial charge in [0.1, 0.15) is 0 Å². The molecule has 2 N–H and O–H groups in total. The van der Waals surface area contributed by atoms with Crippen molar-refractivity contribution in [2.45, 2.75) is 19.5 Å². The highest BCUT2D eigenvalue weighted by atomic mass is 32.1. The van der Waals surface area contributed by atoms with Gasteiger partial charge < -0.3 is 29.4 Å². The number of pyridine rings is 1. The van der Waals surface area contributed by atoms with Crippen LogP contribution in [0.15, 0.2) is 40.5 Å². The van der Waals surface area contributed by atoms with Gasteiger partial charge in [0, 0.05) is 41.5 Å². The molecule has 1 saturated heterocycles. The minimum Gasteiger partial charge on any atom is -0.493 e. The first kappa shape index (κ1) is 25.4. The minimum atomic E-state index is -0.143. The van der Waals surface area contributed by atoms with Gasteiger partial charge >= 0.3 is 0 Å². The van der Waals surface area contributed by atoms with Crippen LogP contribution in [0.3, 0.4) is 0 Å². The first-order chi connectivity index (χ1) is 17.1. The van der Waals surface area contributed by atoms with E-state index in [2.05, 4.69) is 26.6 Å². The summed E-state index contributed by atoms with van der Waals surface area (Å²) in [6.07, 6.45) is 0.991. The number of ether oxygens (including phenoxy) is 3. The average molecular weight is 517 g/mol. The summed E-state index contributed by atoms with van der Waals surface area (Å²) in [5.41, 5.74) is 1.19. The lowest BCUT2D eigenvalue weighted by Gasteiger charge is -2.28. The van der Waals surface area contributed by atoms with E-state index >= 15 is 0 Å². The Kier molecular flexibility index (Phi) is 8.97. The predicted octanol–water partition coefficient (Wildman–Crippen LogP) is 3.21. The maximum atomic E-state index is 13.0. The fraction of sp³-hybridized carbons (Fsp3) is 0.440. The molecule has 0 saturated carbocycles. The van der Waals surface area contributed by atoms with Crippen LogP contribution in [0.5, 0.6) is 11.5 Å². The number of aromatic amines is 1. The van der Waals surface area contributed by atoms with Crippen LogP contribution >= 0.6 is 23.6 Å². The van der Waals surface area contributed by atoms with Crippen molar-refractivity contribution >= 4 is 39.6 Å². The van der Waals surface area contributed by atoms with Crippen LogP contribution in [0, 0.1) is 0 Å². The normalized spacial score (nSPS) is 14.1. The van der Waals surface area contributed by atoms with Gasteiger partial charge in [-0.3, -0.25) is 9.69 Å². The number of hydrogen-bond donors (Lipinski definition) is 2. The Bertz CT molecular complexity index is 1180. The van der Waals surface area contributed by atoms with Gasteiger partial charge in [0.15, 0.2) is 16.6 Å². The summed E-state index contributed by atoms with van der Waals surface area (Å²) in [6, 6.07) is 9.67. The number of thiocarbonyl (C=S) groups is 1. The van der Waals surface area contributed by atoms with Gasteiger partial charge in [-0.25, -0.2) is 0 Å².